The number of hydrogen-bond acceptors (Lipinski definition) is 3. The van der Waals surface area contributed by atoms with Crippen LogP contribution in [-0.2, 0) is 6.54 Å². The van der Waals surface area contributed by atoms with Crippen molar-refractivity contribution in [2.45, 2.75) is 19.0 Å². The Morgan fingerprint density at radius 3 is 2.72 bits per heavy atom. The van der Waals surface area contributed by atoms with Crippen LogP contribution in [0.1, 0.15) is 12.0 Å². The second-order valence-electron chi connectivity index (χ2n) is 5.37. The molecule has 0 saturated carbocycles. The highest BCUT2D eigenvalue weighted by Gasteiger charge is 2.22. The fourth-order valence-corrected chi connectivity index (χ4v) is 2.50. The normalized spacial score (nSPS) is 20.7. The van der Waals surface area contributed by atoms with Gasteiger partial charge in [-0.2, -0.15) is 0 Å². The Balaban J connectivity index is 1.59. The van der Waals surface area contributed by atoms with E-state index < -0.39 is 0 Å². The van der Waals surface area contributed by atoms with Crippen LogP contribution in [-0.4, -0.2) is 56.1 Å². The first-order chi connectivity index (χ1) is 8.75. The SMILES string of the molecule is CN(C)C1CCN(CCNCc2ccccc2)C1. The number of hydrogen-bond donors (Lipinski definition) is 1. The third-order valence-electron chi connectivity index (χ3n) is 3.75. The average Bonchev–Trinajstić information content (AvgIpc) is 2.85. The van der Waals surface area contributed by atoms with Gasteiger partial charge in [-0.25, -0.2) is 0 Å². The third kappa shape index (κ3) is 4.09. The summed E-state index contributed by atoms with van der Waals surface area (Å²) in [5.41, 5.74) is 1.37. The lowest BCUT2D eigenvalue weighted by Gasteiger charge is -2.20. The van der Waals surface area contributed by atoms with Gasteiger partial charge in [0.05, 0.1) is 0 Å². The molecule has 1 aliphatic rings. The van der Waals surface area contributed by atoms with Crippen LogP contribution in [0.15, 0.2) is 30.3 Å². The van der Waals surface area contributed by atoms with Gasteiger partial charge in [-0.1, -0.05) is 30.3 Å². The van der Waals surface area contributed by atoms with Gasteiger partial charge in [0, 0.05) is 32.2 Å². The van der Waals surface area contributed by atoms with E-state index in [4.69, 9.17) is 0 Å². The lowest BCUT2D eigenvalue weighted by molar-refractivity contribution is 0.268. The van der Waals surface area contributed by atoms with Crippen LogP contribution in [0.2, 0.25) is 0 Å². The molecule has 3 heteroatoms. The molecule has 1 aliphatic heterocycles. The van der Waals surface area contributed by atoms with Crippen molar-refractivity contribution in [3.05, 3.63) is 35.9 Å². The molecule has 1 fully saturated rings. The van der Waals surface area contributed by atoms with Crippen molar-refractivity contribution in [2.24, 2.45) is 0 Å². The number of nitrogens with one attached hydrogen (secondary N) is 1. The lowest BCUT2D eigenvalue weighted by atomic mass is 10.2. The summed E-state index contributed by atoms with van der Waals surface area (Å²) in [6.45, 7) is 5.69. The number of rotatable bonds is 6. The molecule has 1 aromatic rings. The highest BCUT2D eigenvalue weighted by molar-refractivity contribution is 5.14. The Kier molecular flexibility index (Phi) is 5.17. The summed E-state index contributed by atoms with van der Waals surface area (Å²) in [7, 11) is 4.36. The van der Waals surface area contributed by atoms with E-state index in [0.717, 1.165) is 25.7 Å². The first kappa shape index (κ1) is 13.5. The zero-order chi connectivity index (χ0) is 12.8. The van der Waals surface area contributed by atoms with Crippen LogP contribution in [0.3, 0.4) is 0 Å². The van der Waals surface area contributed by atoms with Crippen molar-refractivity contribution < 1.29 is 0 Å². The van der Waals surface area contributed by atoms with Gasteiger partial charge in [-0.3, -0.25) is 0 Å². The number of nitrogens with zero attached hydrogens (tertiary/aromatic N) is 2. The van der Waals surface area contributed by atoms with Gasteiger partial charge in [0.15, 0.2) is 0 Å². The van der Waals surface area contributed by atoms with Crippen molar-refractivity contribution in [3.8, 4) is 0 Å². The van der Waals surface area contributed by atoms with Crippen molar-refractivity contribution in [3.63, 3.8) is 0 Å². The molecule has 18 heavy (non-hydrogen) atoms. The van der Waals surface area contributed by atoms with E-state index in [0.29, 0.717) is 0 Å². The van der Waals surface area contributed by atoms with Crippen LogP contribution >= 0.6 is 0 Å². The first-order valence-electron chi connectivity index (χ1n) is 6.89. The summed E-state index contributed by atoms with van der Waals surface area (Å²) in [6, 6.07) is 11.3. The van der Waals surface area contributed by atoms with E-state index in [1.807, 2.05) is 0 Å². The molecule has 0 amide bonds. The Labute approximate surface area is 111 Å². The van der Waals surface area contributed by atoms with Crippen LogP contribution in [0.4, 0.5) is 0 Å². The summed E-state index contributed by atoms with van der Waals surface area (Å²) in [4.78, 5) is 4.90. The van der Waals surface area contributed by atoms with Gasteiger partial charge < -0.3 is 15.1 Å². The van der Waals surface area contributed by atoms with Crippen LogP contribution < -0.4 is 5.32 Å². The zero-order valence-corrected chi connectivity index (χ0v) is 11.6. The van der Waals surface area contributed by atoms with E-state index >= 15 is 0 Å². The van der Waals surface area contributed by atoms with E-state index in [1.165, 1.54) is 25.1 Å². The molecule has 0 bridgehead atoms. The van der Waals surface area contributed by atoms with Gasteiger partial charge in [0.1, 0.15) is 0 Å². The minimum atomic E-state index is 0.749. The van der Waals surface area contributed by atoms with Crippen molar-refractivity contribution in [2.75, 3.05) is 40.3 Å². The maximum Gasteiger partial charge on any atom is 0.0229 e. The standard InChI is InChI=1S/C15H25N3/c1-17(2)15-8-10-18(13-15)11-9-16-12-14-6-4-3-5-7-14/h3-7,15-16H,8-13H2,1-2H3. The Morgan fingerprint density at radius 2 is 2.06 bits per heavy atom. The molecule has 1 aromatic carbocycles. The number of benzene rings is 1. The molecule has 1 N–H and O–H groups in total. The molecule has 1 unspecified atom stereocenters. The highest BCUT2D eigenvalue weighted by Crippen LogP contribution is 2.12. The van der Waals surface area contributed by atoms with Crippen LogP contribution in [0.25, 0.3) is 0 Å². The maximum absolute atomic E-state index is 3.52. The van der Waals surface area contributed by atoms with Gasteiger partial charge in [-0.15, -0.1) is 0 Å². The molecular formula is C15H25N3. The molecule has 0 aromatic heterocycles. The maximum atomic E-state index is 3.52. The second-order valence-corrected chi connectivity index (χ2v) is 5.37. The van der Waals surface area contributed by atoms with Crippen molar-refractivity contribution in [1.82, 2.24) is 15.1 Å². The van der Waals surface area contributed by atoms with Gasteiger partial charge in [0.2, 0.25) is 0 Å². The molecule has 0 aliphatic carbocycles. The lowest BCUT2D eigenvalue weighted by Crippen LogP contribution is -2.34. The molecular weight excluding hydrogens is 222 g/mol. The topological polar surface area (TPSA) is 18.5 Å². The largest absolute Gasteiger partial charge is 0.311 e. The fourth-order valence-electron chi connectivity index (χ4n) is 2.50. The highest BCUT2D eigenvalue weighted by atomic mass is 15.2. The second kappa shape index (κ2) is 6.88. The van der Waals surface area contributed by atoms with Crippen LogP contribution in [0.5, 0.6) is 0 Å². The first-order valence-corrected chi connectivity index (χ1v) is 6.89. The summed E-state index contributed by atoms with van der Waals surface area (Å²) < 4.78 is 0. The molecule has 2 rings (SSSR count). The summed E-state index contributed by atoms with van der Waals surface area (Å²) in [5, 5.41) is 3.52. The summed E-state index contributed by atoms with van der Waals surface area (Å²) in [6.07, 6.45) is 1.31. The molecule has 0 radical (unpaired) electrons. The van der Waals surface area contributed by atoms with E-state index in [9.17, 15) is 0 Å². The minimum Gasteiger partial charge on any atom is -0.311 e. The predicted octanol–water partition coefficient (Wildman–Crippen LogP) is 1.41. The van der Waals surface area contributed by atoms with E-state index in [1.54, 1.807) is 0 Å². The van der Waals surface area contributed by atoms with Gasteiger partial charge in [-0.05, 0) is 32.6 Å². The van der Waals surface area contributed by atoms with Gasteiger partial charge in [0.25, 0.3) is 0 Å². The summed E-state index contributed by atoms with van der Waals surface area (Å²) >= 11 is 0. The Morgan fingerprint density at radius 1 is 1.28 bits per heavy atom. The number of likely N-dealkylation sites (N-methyl/N-ethyl adjacent to an activating group) is 1. The number of likely N-dealkylation sites (tertiary alicyclic amines) is 1. The molecule has 100 valence electrons. The van der Waals surface area contributed by atoms with Gasteiger partial charge >= 0.3 is 0 Å². The third-order valence-corrected chi connectivity index (χ3v) is 3.75. The Bertz CT molecular complexity index is 337. The minimum absolute atomic E-state index is 0.749. The zero-order valence-electron chi connectivity index (χ0n) is 11.6. The monoisotopic (exact) mass is 247 g/mol. The van der Waals surface area contributed by atoms with E-state index in [-0.39, 0.29) is 0 Å². The quantitative estimate of drug-likeness (QED) is 0.767. The smallest absolute Gasteiger partial charge is 0.0229 e. The predicted molar refractivity (Wildman–Crippen MR) is 76.7 cm³/mol. The molecule has 0 spiro atoms. The summed E-state index contributed by atoms with van der Waals surface area (Å²) in [5.74, 6) is 0. The van der Waals surface area contributed by atoms with Crippen molar-refractivity contribution >= 4 is 0 Å². The molecule has 3 nitrogen and oxygen atoms in total. The Hall–Kier alpha value is -0.900. The molecule has 1 saturated heterocycles. The van der Waals surface area contributed by atoms with Crippen molar-refractivity contribution in [1.29, 1.82) is 0 Å². The van der Waals surface area contributed by atoms with E-state index in [2.05, 4.69) is 59.5 Å². The molecule has 1 heterocycles. The average molecular weight is 247 g/mol. The van der Waals surface area contributed by atoms with Crippen LogP contribution in [0, 0.1) is 0 Å². The molecule has 1 atom stereocenters. The fraction of sp³-hybridized carbons (Fsp3) is 0.600.